The van der Waals surface area contributed by atoms with Crippen molar-refractivity contribution in [2.24, 2.45) is 5.41 Å². The normalized spacial score (nSPS) is 20.0. The van der Waals surface area contributed by atoms with E-state index in [1.807, 2.05) is 18.7 Å². The summed E-state index contributed by atoms with van der Waals surface area (Å²) < 4.78 is 2.13. The Labute approximate surface area is 121 Å². The molecule has 0 saturated heterocycles. The van der Waals surface area contributed by atoms with Crippen molar-refractivity contribution in [1.82, 2.24) is 14.9 Å². The minimum atomic E-state index is 0.304. The molecule has 1 aromatic carbocycles. The molecule has 3 rings (SSSR count). The van der Waals surface area contributed by atoms with E-state index in [-0.39, 0.29) is 0 Å². The Bertz CT molecular complexity index is 557. The lowest BCUT2D eigenvalue weighted by atomic mass is 9.85. The highest BCUT2D eigenvalue weighted by Crippen LogP contribution is 2.44. The molecule has 1 aromatic heterocycles. The fraction of sp³-hybridized carbons (Fsp3) is 0.471. The Morgan fingerprint density at radius 2 is 2.20 bits per heavy atom. The second-order valence-corrected chi connectivity index (χ2v) is 6.41. The van der Waals surface area contributed by atoms with E-state index in [0.717, 1.165) is 19.5 Å². The topological polar surface area (TPSA) is 29.9 Å². The molecule has 1 aliphatic rings. The molecule has 0 radical (unpaired) electrons. The molecule has 3 nitrogen and oxygen atoms in total. The van der Waals surface area contributed by atoms with Crippen LogP contribution in [0.15, 0.2) is 43.0 Å². The largest absolute Gasteiger partial charge is 0.337 e. The molecular weight excluding hydrogens is 246 g/mol. The van der Waals surface area contributed by atoms with E-state index in [9.17, 15) is 0 Å². The summed E-state index contributed by atoms with van der Waals surface area (Å²) in [5.41, 5.74) is 3.29. The maximum atomic E-state index is 4.07. The van der Waals surface area contributed by atoms with Gasteiger partial charge < -0.3 is 9.88 Å². The van der Waals surface area contributed by atoms with E-state index >= 15 is 0 Å². The highest BCUT2D eigenvalue weighted by molar-refractivity contribution is 5.37. The van der Waals surface area contributed by atoms with Crippen LogP contribution in [0.3, 0.4) is 0 Å². The van der Waals surface area contributed by atoms with Crippen molar-refractivity contribution in [1.29, 1.82) is 0 Å². The van der Waals surface area contributed by atoms with Crippen LogP contribution in [0, 0.1) is 5.41 Å². The first-order chi connectivity index (χ1) is 9.67. The molecule has 0 bridgehead atoms. The molecule has 0 amide bonds. The van der Waals surface area contributed by atoms with E-state index in [0.29, 0.717) is 11.5 Å². The molecule has 1 aliphatic carbocycles. The zero-order chi connectivity index (χ0) is 14.0. The maximum absolute atomic E-state index is 4.07. The van der Waals surface area contributed by atoms with E-state index in [2.05, 4.69) is 53.0 Å². The van der Waals surface area contributed by atoms with Crippen LogP contribution >= 0.6 is 0 Å². The van der Waals surface area contributed by atoms with Gasteiger partial charge in [0.2, 0.25) is 0 Å². The predicted molar refractivity (Wildman–Crippen MR) is 81.5 cm³/mol. The molecule has 1 heterocycles. The van der Waals surface area contributed by atoms with Gasteiger partial charge in [-0.15, -0.1) is 0 Å². The van der Waals surface area contributed by atoms with Gasteiger partial charge in [0, 0.05) is 25.0 Å². The van der Waals surface area contributed by atoms with Gasteiger partial charge in [-0.3, -0.25) is 0 Å². The summed E-state index contributed by atoms with van der Waals surface area (Å²) >= 11 is 0. The molecule has 106 valence electrons. The predicted octanol–water partition coefficient (Wildman–Crippen LogP) is 3.19. The third kappa shape index (κ3) is 2.63. The molecule has 3 heteroatoms. The number of imidazole rings is 1. The molecule has 0 aliphatic heterocycles. The number of rotatable bonds is 5. The highest BCUT2D eigenvalue weighted by atomic mass is 15.0. The van der Waals surface area contributed by atoms with Gasteiger partial charge in [-0.05, 0) is 35.9 Å². The smallest absolute Gasteiger partial charge is 0.0945 e. The van der Waals surface area contributed by atoms with Gasteiger partial charge in [-0.1, -0.05) is 38.1 Å². The number of hydrogen-bond donors (Lipinski definition) is 1. The first-order valence-corrected chi connectivity index (χ1v) is 7.44. The molecule has 1 atom stereocenters. The van der Waals surface area contributed by atoms with Crippen LogP contribution in [-0.4, -0.2) is 16.1 Å². The Hall–Kier alpha value is -1.61. The van der Waals surface area contributed by atoms with Crippen LogP contribution in [0.5, 0.6) is 0 Å². The number of nitrogens with one attached hydrogen (secondary N) is 1. The van der Waals surface area contributed by atoms with Gasteiger partial charge in [0.05, 0.1) is 6.33 Å². The van der Waals surface area contributed by atoms with Crippen LogP contribution in [0.4, 0.5) is 0 Å². The van der Waals surface area contributed by atoms with Crippen molar-refractivity contribution in [2.75, 3.05) is 6.54 Å². The Kier molecular flexibility index (Phi) is 3.62. The van der Waals surface area contributed by atoms with Gasteiger partial charge in [0.25, 0.3) is 0 Å². The lowest BCUT2D eigenvalue weighted by molar-refractivity contribution is 0.268. The number of hydrogen-bond acceptors (Lipinski definition) is 2. The van der Waals surface area contributed by atoms with Crippen molar-refractivity contribution >= 4 is 0 Å². The molecule has 0 fully saturated rings. The van der Waals surface area contributed by atoms with Gasteiger partial charge in [0.15, 0.2) is 0 Å². The zero-order valence-corrected chi connectivity index (χ0v) is 12.3. The summed E-state index contributed by atoms with van der Waals surface area (Å²) in [6.45, 7) is 6.80. The maximum Gasteiger partial charge on any atom is 0.0945 e. The summed E-state index contributed by atoms with van der Waals surface area (Å²) in [5, 5.41) is 3.76. The van der Waals surface area contributed by atoms with Gasteiger partial charge >= 0.3 is 0 Å². The average molecular weight is 269 g/mol. The molecule has 20 heavy (non-hydrogen) atoms. The van der Waals surface area contributed by atoms with Crippen molar-refractivity contribution in [3.63, 3.8) is 0 Å². The van der Waals surface area contributed by atoms with E-state index in [1.165, 1.54) is 17.5 Å². The van der Waals surface area contributed by atoms with E-state index in [1.54, 1.807) is 0 Å². The number of fused-ring (bicyclic) bond motifs is 1. The first kappa shape index (κ1) is 13.4. The van der Waals surface area contributed by atoms with Gasteiger partial charge in [-0.25, -0.2) is 4.98 Å². The zero-order valence-electron chi connectivity index (χ0n) is 12.3. The van der Waals surface area contributed by atoms with Crippen LogP contribution in [0.2, 0.25) is 0 Å². The quantitative estimate of drug-likeness (QED) is 0.845. The Morgan fingerprint density at radius 1 is 1.35 bits per heavy atom. The van der Waals surface area contributed by atoms with Crippen molar-refractivity contribution < 1.29 is 0 Å². The van der Waals surface area contributed by atoms with Gasteiger partial charge in [-0.2, -0.15) is 0 Å². The second-order valence-electron chi connectivity index (χ2n) is 6.41. The second kappa shape index (κ2) is 5.41. The van der Waals surface area contributed by atoms with Crippen LogP contribution in [-0.2, 0) is 13.0 Å². The van der Waals surface area contributed by atoms with E-state index < -0.39 is 0 Å². The molecule has 0 saturated carbocycles. The lowest BCUT2D eigenvalue weighted by Gasteiger charge is -2.28. The molecule has 1 N–H and O–H groups in total. The average Bonchev–Trinajstić information content (AvgIpc) is 3.00. The SMILES string of the molecule is CC1(C)Cc2ccccc2C1NCCCn1ccnc1. The number of aryl methyl sites for hydroxylation is 1. The van der Waals surface area contributed by atoms with Crippen molar-refractivity contribution in [3.05, 3.63) is 54.1 Å². The molecule has 2 aromatic rings. The monoisotopic (exact) mass is 269 g/mol. The third-order valence-electron chi connectivity index (χ3n) is 4.29. The summed E-state index contributed by atoms with van der Waals surface area (Å²) in [6.07, 6.45) is 8.04. The summed E-state index contributed by atoms with van der Waals surface area (Å²) in [4.78, 5) is 4.07. The van der Waals surface area contributed by atoms with Crippen LogP contribution in [0.1, 0.15) is 37.4 Å². The minimum Gasteiger partial charge on any atom is -0.337 e. The fourth-order valence-electron chi connectivity index (χ4n) is 3.30. The standard InChI is InChI=1S/C17H23N3/c1-17(2)12-14-6-3-4-7-15(14)16(17)19-8-5-10-20-11-9-18-13-20/h3-4,6-7,9,11,13,16,19H,5,8,10,12H2,1-2H3. The third-order valence-corrected chi connectivity index (χ3v) is 4.29. The molecule has 1 unspecified atom stereocenters. The lowest BCUT2D eigenvalue weighted by Crippen LogP contribution is -2.32. The number of nitrogens with zero attached hydrogens (tertiary/aromatic N) is 2. The van der Waals surface area contributed by atoms with Crippen LogP contribution < -0.4 is 5.32 Å². The summed E-state index contributed by atoms with van der Waals surface area (Å²) in [5.74, 6) is 0. The first-order valence-electron chi connectivity index (χ1n) is 7.44. The summed E-state index contributed by atoms with van der Waals surface area (Å²) in [6, 6.07) is 9.32. The highest BCUT2D eigenvalue weighted by Gasteiger charge is 2.37. The van der Waals surface area contributed by atoms with Crippen LogP contribution in [0.25, 0.3) is 0 Å². The molecule has 0 spiro atoms. The van der Waals surface area contributed by atoms with Crippen molar-refractivity contribution in [3.8, 4) is 0 Å². The van der Waals surface area contributed by atoms with Gasteiger partial charge in [0.1, 0.15) is 0 Å². The molecular formula is C17H23N3. The minimum absolute atomic E-state index is 0.304. The number of aromatic nitrogens is 2. The Morgan fingerprint density at radius 3 is 3.00 bits per heavy atom. The fourth-order valence-corrected chi connectivity index (χ4v) is 3.30. The van der Waals surface area contributed by atoms with E-state index in [4.69, 9.17) is 0 Å². The Balaban J connectivity index is 1.59. The van der Waals surface area contributed by atoms with Crippen molar-refractivity contribution in [2.45, 2.75) is 39.3 Å². The number of benzene rings is 1. The summed E-state index contributed by atoms with van der Waals surface area (Å²) in [7, 11) is 0.